The van der Waals surface area contributed by atoms with Gasteiger partial charge in [0.1, 0.15) is 11.6 Å². The molecule has 3 nitrogen and oxygen atoms in total. The van der Waals surface area contributed by atoms with Crippen LogP contribution >= 0.6 is 0 Å². The summed E-state index contributed by atoms with van der Waals surface area (Å²) in [7, 11) is 1.77. The number of allylic oxidation sites excluding steroid dienone is 3. The Kier molecular flexibility index (Phi) is 6.96. The molecule has 1 aromatic rings. The van der Waals surface area contributed by atoms with Crippen molar-refractivity contribution in [1.82, 2.24) is 5.32 Å². The molecule has 116 valence electrons. The summed E-state index contributed by atoms with van der Waals surface area (Å²) < 4.78 is 13.1. The Hall–Kier alpha value is -2.49. The number of nitrogens with zero attached hydrogens (tertiary/aromatic N) is 2. The van der Waals surface area contributed by atoms with Crippen molar-refractivity contribution in [2.24, 2.45) is 9.98 Å². The summed E-state index contributed by atoms with van der Waals surface area (Å²) >= 11 is 0. The predicted octanol–water partition coefficient (Wildman–Crippen LogP) is 4.36. The third-order valence-corrected chi connectivity index (χ3v) is 3.17. The molecule has 0 aliphatic heterocycles. The Morgan fingerprint density at radius 1 is 1.18 bits per heavy atom. The highest BCUT2D eigenvalue weighted by atomic mass is 19.1. The van der Waals surface area contributed by atoms with Gasteiger partial charge in [-0.25, -0.2) is 9.38 Å². The summed E-state index contributed by atoms with van der Waals surface area (Å²) in [5.41, 5.74) is 3.72. The van der Waals surface area contributed by atoms with Gasteiger partial charge in [-0.05, 0) is 62.3 Å². The zero-order chi connectivity index (χ0) is 16.5. The van der Waals surface area contributed by atoms with Gasteiger partial charge in [0.25, 0.3) is 0 Å². The summed E-state index contributed by atoms with van der Waals surface area (Å²) in [6.07, 6.45) is 5.31. The highest BCUT2D eigenvalue weighted by Crippen LogP contribution is 2.24. The van der Waals surface area contributed by atoms with Gasteiger partial charge in [0.05, 0.1) is 5.70 Å². The van der Waals surface area contributed by atoms with Crippen molar-refractivity contribution in [3.63, 3.8) is 0 Å². The van der Waals surface area contributed by atoms with Crippen molar-refractivity contribution in [1.29, 1.82) is 0 Å². The van der Waals surface area contributed by atoms with Crippen molar-refractivity contribution in [3.8, 4) is 0 Å². The molecule has 0 heterocycles. The second kappa shape index (κ2) is 8.72. The van der Waals surface area contributed by atoms with Gasteiger partial charge in [0.2, 0.25) is 0 Å². The van der Waals surface area contributed by atoms with Crippen molar-refractivity contribution in [2.45, 2.75) is 20.8 Å². The minimum atomic E-state index is -0.258. The van der Waals surface area contributed by atoms with E-state index in [1.165, 1.54) is 12.1 Å². The van der Waals surface area contributed by atoms with Crippen LogP contribution in [0.1, 0.15) is 26.3 Å². The van der Waals surface area contributed by atoms with Crippen molar-refractivity contribution in [3.05, 3.63) is 65.3 Å². The number of aliphatic imine (C=N–C) groups is 2. The lowest BCUT2D eigenvalue weighted by Gasteiger charge is -2.09. The number of rotatable bonds is 6. The summed E-state index contributed by atoms with van der Waals surface area (Å²) in [5, 5.41) is 2.85. The fraction of sp³-hybridized carbons (Fsp3) is 0.222. The quantitative estimate of drug-likeness (QED) is 0.615. The number of hydrogen-bond acceptors (Lipinski definition) is 3. The highest BCUT2D eigenvalue weighted by molar-refractivity contribution is 5.80. The average molecular weight is 299 g/mol. The average Bonchev–Trinajstić information content (AvgIpc) is 2.52. The molecule has 0 saturated heterocycles. The van der Waals surface area contributed by atoms with E-state index < -0.39 is 0 Å². The highest BCUT2D eigenvalue weighted by Gasteiger charge is 2.06. The van der Waals surface area contributed by atoms with E-state index in [1.807, 2.05) is 26.8 Å². The number of hydrogen-bond donors (Lipinski definition) is 1. The van der Waals surface area contributed by atoms with Gasteiger partial charge in [0.15, 0.2) is 0 Å². The molecule has 0 aliphatic carbocycles. The van der Waals surface area contributed by atoms with E-state index in [1.54, 1.807) is 31.6 Å². The van der Waals surface area contributed by atoms with Crippen LogP contribution in [0, 0.1) is 5.82 Å². The molecule has 1 rings (SSSR count). The van der Waals surface area contributed by atoms with E-state index in [9.17, 15) is 4.39 Å². The Bertz CT molecular complexity index is 635. The summed E-state index contributed by atoms with van der Waals surface area (Å²) in [6, 6.07) is 6.33. The van der Waals surface area contributed by atoms with E-state index in [-0.39, 0.29) is 5.82 Å². The van der Waals surface area contributed by atoms with Crippen LogP contribution in [0.4, 0.5) is 4.39 Å². The topological polar surface area (TPSA) is 36.8 Å². The second-order valence-electron chi connectivity index (χ2n) is 4.69. The van der Waals surface area contributed by atoms with Crippen molar-refractivity contribution in [2.75, 3.05) is 7.05 Å². The fourth-order valence-corrected chi connectivity index (χ4v) is 1.74. The Labute approximate surface area is 131 Å². The van der Waals surface area contributed by atoms with Gasteiger partial charge in [-0.1, -0.05) is 6.58 Å². The lowest BCUT2D eigenvalue weighted by atomic mass is 10.0. The fourth-order valence-electron chi connectivity index (χ4n) is 1.74. The monoisotopic (exact) mass is 299 g/mol. The first-order chi connectivity index (χ1) is 10.5. The molecule has 0 unspecified atom stereocenters. The molecule has 22 heavy (non-hydrogen) atoms. The van der Waals surface area contributed by atoms with Crippen LogP contribution in [-0.2, 0) is 0 Å². The number of benzene rings is 1. The zero-order valence-electron chi connectivity index (χ0n) is 13.5. The van der Waals surface area contributed by atoms with E-state index in [4.69, 9.17) is 0 Å². The first-order valence-electron chi connectivity index (χ1n) is 7.03. The Morgan fingerprint density at radius 3 is 2.36 bits per heavy atom. The van der Waals surface area contributed by atoms with Crippen LogP contribution in [0.5, 0.6) is 0 Å². The van der Waals surface area contributed by atoms with Crippen LogP contribution in [0.25, 0.3) is 5.70 Å². The molecule has 0 radical (unpaired) electrons. The molecule has 0 aromatic heterocycles. The Morgan fingerprint density at radius 2 is 1.82 bits per heavy atom. The van der Waals surface area contributed by atoms with Gasteiger partial charge in [-0.15, -0.1) is 0 Å². The summed E-state index contributed by atoms with van der Waals surface area (Å²) in [6.45, 7) is 9.55. The molecule has 0 fully saturated rings. The first kappa shape index (κ1) is 17.6. The standard InChI is InChI=1S/C18H22FN3/c1-6-21-18(16-7-9-17(19)10-8-16)14(3)13(2)11-12-22-15(4)20-5/h6-12,20H,4H2,1-3,5H3/b13-11+,18-14+,21-6?,22-12-. The van der Waals surface area contributed by atoms with Gasteiger partial charge in [-0.2, -0.15) is 0 Å². The molecule has 0 saturated carbocycles. The first-order valence-corrected chi connectivity index (χ1v) is 7.03. The van der Waals surface area contributed by atoms with Gasteiger partial charge in [0, 0.05) is 25.0 Å². The third kappa shape index (κ3) is 5.13. The molecule has 0 amide bonds. The van der Waals surface area contributed by atoms with E-state index in [0.29, 0.717) is 5.82 Å². The zero-order valence-corrected chi connectivity index (χ0v) is 13.5. The molecule has 0 spiro atoms. The Balaban J connectivity index is 3.17. The molecule has 4 heteroatoms. The van der Waals surface area contributed by atoms with Crippen LogP contribution in [0.2, 0.25) is 0 Å². The van der Waals surface area contributed by atoms with Gasteiger partial charge < -0.3 is 5.32 Å². The smallest absolute Gasteiger partial charge is 0.123 e. The molecule has 0 atom stereocenters. The van der Waals surface area contributed by atoms with Crippen LogP contribution in [0.3, 0.4) is 0 Å². The van der Waals surface area contributed by atoms with Crippen LogP contribution < -0.4 is 5.32 Å². The van der Waals surface area contributed by atoms with Crippen LogP contribution in [-0.4, -0.2) is 19.5 Å². The molecule has 0 aliphatic rings. The van der Waals surface area contributed by atoms with E-state index >= 15 is 0 Å². The largest absolute Gasteiger partial charge is 0.374 e. The van der Waals surface area contributed by atoms with Gasteiger partial charge >= 0.3 is 0 Å². The van der Waals surface area contributed by atoms with E-state index in [2.05, 4.69) is 21.9 Å². The SMILES string of the molecule is C=C(\N=C/C=C(C)/C(C)=C(/N=CC)c1ccc(F)cc1)NC. The molecule has 1 aromatic carbocycles. The number of halogens is 1. The molecular weight excluding hydrogens is 277 g/mol. The molecular formula is C18H22FN3. The normalized spacial score (nSPS) is 13.6. The maximum Gasteiger partial charge on any atom is 0.123 e. The van der Waals surface area contributed by atoms with Crippen LogP contribution in [0.15, 0.2) is 63.9 Å². The second-order valence-corrected chi connectivity index (χ2v) is 4.69. The predicted molar refractivity (Wildman–Crippen MR) is 93.6 cm³/mol. The molecule has 1 N–H and O–H groups in total. The van der Waals surface area contributed by atoms with Crippen molar-refractivity contribution < 1.29 is 4.39 Å². The minimum absolute atomic E-state index is 0.258. The van der Waals surface area contributed by atoms with Gasteiger partial charge in [-0.3, -0.25) is 4.99 Å². The number of nitrogens with one attached hydrogen (secondary N) is 1. The van der Waals surface area contributed by atoms with Crippen molar-refractivity contribution >= 4 is 18.1 Å². The maximum atomic E-state index is 13.1. The third-order valence-electron chi connectivity index (χ3n) is 3.17. The van der Waals surface area contributed by atoms with E-state index in [0.717, 1.165) is 22.4 Å². The summed E-state index contributed by atoms with van der Waals surface area (Å²) in [4.78, 5) is 8.56. The summed E-state index contributed by atoms with van der Waals surface area (Å²) in [5.74, 6) is 0.335. The molecule has 0 bridgehead atoms. The minimum Gasteiger partial charge on any atom is -0.374 e. The lowest BCUT2D eigenvalue weighted by Crippen LogP contribution is -2.00. The lowest BCUT2D eigenvalue weighted by molar-refractivity contribution is 0.627. The maximum absolute atomic E-state index is 13.1.